The van der Waals surface area contributed by atoms with E-state index in [-0.39, 0.29) is 11.1 Å². The minimum atomic E-state index is -0.981. The summed E-state index contributed by atoms with van der Waals surface area (Å²) in [7, 11) is 0. The van der Waals surface area contributed by atoms with Crippen LogP contribution in [0.15, 0.2) is 54.6 Å². The van der Waals surface area contributed by atoms with Gasteiger partial charge in [-0.15, -0.1) is 0 Å². The fraction of sp³-hybridized carbons (Fsp3) is 0.438. The zero-order valence-corrected chi connectivity index (χ0v) is 21.1. The van der Waals surface area contributed by atoms with Crippen LogP contribution in [0.3, 0.4) is 0 Å². The molecular weight excluding hydrogens is 441 g/mol. The molecular formula is C32H37F3. The Balaban J connectivity index is 1.40. The average Bonchev–Trinajstić information content (AvgIpc) is 2.87. The molecule has 0 aliphatic heterocycles. The van der Waals surface area contributed by atoms with Gasteiger partial charge in [-0.25, -0.2) is 13.2 Å². The van der Waals surface area contributed by atoms with Gasteiger partial charge in [-0.2, -0.15) is 0 Å². The van der Waals surface area contributed by atoms with E-state index in [0.717, 1.165) is 35.8 Å². The number of halogens is 3. The monoisotopic (exact) mass is 478 g/mol. The molecule has 0 unspecified atom stereocenters. The smallest absolute Gasteiger partial charge is 0.167 e. The van der Waals surface area contributed by atoms with Crippen molar-refractivity contribution in [3.8, 4) is 22.3 Å². The summed E-state index contributed by atoms with van der Waals surface area (Å²) in [5, 5.41) is 0. The average molecular weight is 479 g/mol. The van der Waals surface area contributed by atoms with E-state index in [9.17, 15) is 13.2 Å². The van der Waals surface area contributed by atoms with Crippen molar-refractivity contribution >= 4 is 0 Å². The molecule has 0 atom stereocenters. The first kappa shape index (κ1) is 25.5. The standard InChI is InChI=1S/C32H37F3/c1-3-5-22-7-9-23(10-8-22)11-12-24-13-15-25(16-14-24)27-18-19-28(30(33)21-27)29-20-17-26(6-4-2)31(34)32(29)35/h13-23H,3-12H2,1-2H3. The lowest BCUT2D eigenvalue weighted by Crippen LogP contribution is -2.15. The second kappa shape index (κ2) is 11.9. The maximum absolute atomic E-state index is 15.0. The quantitative estimate of drug-likeness (QED) is 0.287. The Kier molecular flexibility index (Phi) is 8.70. The third-order valence-electron chi connectivity index (χ3n) is 7.73. The number of rotatable bonds is 9. The maximum Gasteiger partial charge on any atom is 0.167 e. The molecule has 0 heterocycles. The van der Waals surface area contributed by atoms with Crippen LogP contribution >= 0.6 is 0 Å². The predicted molar refractivity (Wildman–Crippen MR) is 140 cm³/mol. The Morgan fingerprint density at radius 1 is 0.629 bits per heavy atom. The van der Waals surface area contributed by atoms with Crippen molar-refractivity contribution in [2.45, 2.75) is 78.1 Å². The summed E-state index contributed by atoms with van der Waals surface area (Å²) in [4.78, 5) is 0. The molecule has 1 saturated carbocycles. The van der Waals surface area contributed by atoms with E-state index in [1.807, 2.05) is 19.1 Å². The Bertz CT molecular complexity index is 1110. The Hall–Kier alpha value is -2.55. The second-order valence-corrected chi connectivity index (χ2v) is 10.3. The van der Waals surface area contributed by atoms with Crippen molar-refractivity contribution in [1.82, 2.24) is 0 Å². The first-order valence-electron chi connectivity index (χ1n) is 13.4. The first-order valence-corrected chi connectivity index (χ1v) is 13.4. The third kappa shape index (κ3) is 6.18. The van der Waals surface area contributed by atoms with Gasteiger partial charge in [-0.3, -0.25) is 0 Å². The summed E-state index contributed by atoms with van der Waals surface area (Å²) >= 11 is 0. The lowest BCUT2D eigenvalue weighted by atomic mass is 9.78. The van der Waals surface area contributed by atoms with Crippen molar-refractivity contribution in [1.29, 1.82) is 0 Å². The molecule has 4 rings (SSSR count). The number of hydrogen-bond acceptors (Lipinski definition) is 0. The Morgan fingerprint density at radius 3 is 1.89 bits per heavy atom. The second-order valence-electron chi connectivity index (χ2n) is 10.3. The van der Waals surface area contributed by atoms with Crippen molar-refractivity contribution in [2.75, 3.05) is 0 Å². The molecule has 0 amide bonds. The molecule has 0 bridgehead atoms. The molecule has 0 spiro atoms. The molecule has 3 aromatic carbocycles. The van der Waals surface area contributed by atoms with Crippen LogP contribution in [0, 0.1) is 29.3 Å². The van der Waals surface area contributed by atoms with Gasteiger partial charge in [-0.1, -0.05) is 107 Å². The SMILES string of the molecule is CCCc1ccc(-c2ccc(-c3ccc(CCC4CCC(CCC)CC4)cc3)cc2F)c(F)c1F. The summed E-state index contributed by atoms with van der Waals surface area (Å²) in [6, 6.07) is 16.1. The van der Waals surface area contributed by atoms with Crippen LogP contribution in [0.2, 0.25) is 0 Å². The molecule has 1 aliphatic carbocycles. The molecule has 35 heavy (non-hydrogen) atoms. The molecule has 0 radical (unpaired) electrons. The highest BCUT2D eigenvalue weighted by Gasteiger charge is 2.20. The van der Waals surface area contributed by atoms with Crippen LogP contribution in [0.1, 0.15) is 76.3 Å². The van der Waals surface area contributed by atoms with Gasteiger partial charge in [0, 0.05) is 11.1 Å². The van der Waals surface area contributed by atoms with Gasteiger partial charge in [0.2, 0.25) is 0 Å². The van der Waals surface area contributed by atoms with Crippen molar-refractivity contribution < 1.29 is 13.2 Å². The molecule has 0 saturated heterocycles. The summed E-state index contributed by atoms with van der Waals surface area (Å²) in [5.41, 5.74) is 3.34. The predicted octanol–water partition coefficient (Wildman–Crippen LogP) is 9.93. The minimum Gasteiger partial charge on any atom is -0.206 e. The molecule has 1 aliphatic rings. The minimum absolute atomic E-state index is 0.0366. The van der Waals surface area contributed by atoms with Gasteiger partial charge in [0.05, 0.1) is 0 Å². The maximum atomic E-state index is 15.0. The zero-order chi connectivity index (χ0) is 24.8. The normalized spacial score (nSPS) is 18.1. The van der Waals surface area contributed by atoms with Gasteiger partial charge in [0.25, 0.3) is 0 Å². The fourth-order valence-corrected chi connectivity index (χ4v) is 5.62. The van der Waals surface area contributed by atoms with Crippen molar-refractivity contribution in [3.63, 3.8) is 0 Å². The van der Waals surface area contributed by atoms with E-state index in [1.165, 1.54) is 62.6 Å². The van der Waals surface area contributed by atoms with E-state index < -0.39 is 17.5 Å². The lowest BCUT2D eigenvalue weighted by Gasteiger charge is -2.28. The van der Waals surface area contributed by atoms with Crippen molar-refractivity contribution in [3.05, 3.63) is 83.2 Å². The van der Waals surface area contributed by atoms with Crippen LogP contribution in [-0.2, 0) is 12.8 Å². The Labute approximate surface area is 208 Å². The molecule has 0 aromatic heterocycles. The number of aryl methyl sites for hydroxylation is 2. The summed E-state index contributed by atoms with van der Waals surface area (Å²) < 4.78 is 44.0. The number of hydrogen-bond donors (Lipinski definition) is 0. The summed E-state index contributed by atoms with van der Waals surface area (Å²) in [6.07, 6.45) is 11.7. The zero-order valence-electron chi connectivity index (χ0n) is 21.1. The highest BCUT2D eigenvalue weighted by Crippen LogP contribution is 2.35. The summed E-state index contributed by atoms with van der Waals surface area (Å²) in [5.74, 6) is -0.626. The van der Waals surface area contributed by atoms with Crippen LogP contribution in [-0.4, -0.2) is 0 Å². The molecule has 3 heteroatoms. The highest BCUT2D eigenvalue weighted by molar-refractivity contribution is 5.71. The topological polar surface area (TPSA) is 0 Å². The van der Waals surface area contributed by atoms with E-state index >= 15 is 0 Å². The molecule has 186 valence electrons. The number of benzene rings is 3. The molecule has 1 fully saturated rings. The molecule has 0 nitrogen and oxygen atoms in total. The highest BCUT2D eigenvalue weighted by atomic mass is 19.2. The fourth-order valence-electron chi connectivity index (χ4n) is 5.62. The van der Waals surface area contributed by atoms with Crippen LogP contribution in [0.25, 0.3) is 22.3 Å². The largest absolute Gasteiger partial charge is 0.206 e. The van der Waals surface area contributed by atoms with Gasteiger partial charge >= 0.3 is 0 Å². The van der Waals surface area contributed by atoms with Gasteiger partial charge < -0.3 is 0 Å². The third-order valence-corrected chi connectivity index (χ3v) is 7.73. The van der Waals surface area contributed by atoms with Crippen LogP contribution in [0.5, 0.6) is 0 Å². The molecule has 3 aromatic rings. The van der Waals surface area contributed by atoms with Gasteiger partial charge in [-0.05, 0) is 59.4 Å². The summed E-state index contributed by atoms with van der Waals surface area (Å²) in [6.45, 7) is 4.20. The van der Waals surface area contributed by atoms with Gasteiger partial charge in [0.15, 0.2) is 11.6 Å². The van der Waals surface area contributed by atoms with E-state index in [4.69, 9.17) is 0 Å². The van der Waals surface area contributed by atoms with Crippen LogP contribution < -0.4 is 0 Å². The Morgan fingerprint density at radius 2 is 1.26 bits per heavy atom. The van der Waals surface area contributed by atoms with Crippen LogP contribution in [0.4, 0.5) is 13.2 Å². The first-order chi connectivity index (χ1) is 17.0. The lowest BCUT2D eigenvalue weighted by molar-refractivity contribution is 0.252. The van der Waals surface area contributed by atoms with E-state index in [2.05, 4.69) is 19.1 Å². The molecule has 0 N–H and O–H groups in total. The van der Waals surface area contributed by atoms with Crippen molar-refractivity contribution in [2.24, 2.45) is 11.8 Å². The van der Waals surface area contributed by atoms with E-state index in [1.54, 1.807) is 18.2 Å². The van der Waals surface area contributed by atoms with E-state index in [0.29, 0.717) is 12.0 Å². The van der Waals surface area contributed by atoms with Gasteiger partial charge in [0.1, 0.15) is 5.82 Å².